The second-order valence-corrected chi connectivity index (χ2v) is 8.11. The summed E-state index contributed by atoms with van der Waals surface area (Å²) in [6.45, 7) is 9.96. The molecule has 0 amide bonds. The van der Waals surface area contributed by atoms with Gasteiger partial charge in [0.2, 0.25) is 0 Å². The van der Waals surface area contributed by atoms with Crippen LogP contribution in [0.3, 0.4) is 0 Å². The average molecular weight is 287 g/mol. The smallest absolute Gasteiger partial charge is 0.0202 e. The van der Waals surface area contributed by atoms with E-state index in [1.807, 2.05) is 0 Å². The van der Waals surface area contributed by atoms with Gasteiger partial charge in [0, 0.05) is 4.83 Å². The molecule has 0 aliphatic heterocycles. The van der Waals surface area contributed by atoms with E-state index in [0.29, 0.717) is 10.8 Å². The van der Waals surface area contributed by atoms with E-state index < -0.39 is 0 Å². The standard InChI is InChI=1S/C15H27Br/c1-11-7-9-15(10-8-11)12(2)5-6-13(16)14(15,3)4/h11-13H,5-10H2,1-4H3. The minimum atomic E-state index is 0.477. The Hall–Kier alpha value is 0.480. The third kappa shape index (κ3) is 1.78. The first-order chi connectivity index (χ1) is 7.40. The van der Waals surface area contributed by atoms with Gasteiger partial charge in [-0.15, -0.1) is 0 Å². The lowest BCUT2D eigenvalue weighted by atomic mass is 9.48. The summed E-state index contributed by atoms with van der Waals surface area (Å²) in [5.41, 5.74) is 1.09. The van der Waals surface area contributed by atoms with Crippen molar-refractivity contribution >= 4 is 15.9 Å². The zero-order valence-corrected chi connectivity index (χ0v) is 12.9. The van der Waals surface area contributed by atoms with Gasteiger partial charge < -0.3 is 0 Å². The first-order valence-electron chi connectivity index (χ1n) is 7.04. The van der Waals surface area contributed by atoms with Crippen molar-refractivity contribution in [2.45, 2.75) is 71.0 Å². The van der Waals surface area contributed by atoms with Crippen LogP contribution in [-0.4, -0.2) is 4.83 Å². The third-order valence-corrected chi connectivity index (χ3v) is 7.63. The van der Waals surface area contributed by atoms with Crippen LogP contribution in [0.15, 0.2) is 0 Å². The summed E-state index contributed by atoms with van der Waals surface area (Å²) in [5, 5.41) is 0. The van der Waals surface area contributed by atoms with Crippen molar-refractivity contribution in [2.75, 3.05) is 0 Å². The Balaban J connectivity index is 2.27. The summed E-state index contributed by atoms with van der Waals surface area (Å²) in [7, 11) is 0. The van der Waals surface area contributed by atoms with E-state index in [2.05, 4.69) is 43.6 Å². The van der Waals surface area contributed by atoms with Crippen molar-refractivity contribution in [1.82, 2.24) is 0 Å². The molecule has 16 heavy (non-hydrogen) atoms. The molecule has 0 aromatic carbocycles. The Kier molecular flexibility index (Phi) is 3.47. The van der Waals surface area contributed by atoms with Crippen LogP contribution in [0.4, 0.5) is 0 Å². The molecule has 0 bridgehead atoms. The van der Waals surface area contributed by atoms with Gasteiger partial charge in [-0.1, -0.05) is 56.5 Å². The zero-order chi connectivity index (χ0) is 12.0. The van der Waals surface area contributed by atoms with Crippen LogP contribution in [0.1, 0.15) is 66.2 Å². The fourth-order valence-electron chi connectivity index (χ4n) is 4.39. The zero-order valence-electron chi connectivity index (χ0n) is 11.4. The molecule has 0 nitrogen and oxygen atoms in total. The molecule has 2 saturated carbocycles. The summed E-state index contributed by atoms with van der Waals surface area (Å²) >= 11 is 3.96. The number of rotatable bonds is 0. The van der Waals surface area contributed by atoms with Crippen LogP contribution in [0.2, 0.25) is 0 Å². The van der Waals surface area contributed by atoms with Gasteiger partial charge in [0.25, 0.3) is 0 Å². The quantitative estimate of drug-likeness (QED) is 0.523. The molecule has 0 aromatic heterocycles. The molecule has 1 spiro atoms. The molecule has 2 aliphatic carbocycles. The summed E-state index contributed by atoms with van der Waals surface area (Å²) in [5.74, 6) is 1.88. The summed E-state index contributed by atoms with van der Waals surface area (Å²) in [6, 6.07) is 0. The summed E-state index contributed by atoms with van der Waals surface area (Å²) in [4.78, 5) is 0.726. The van der Waals surface area contributed by atoms with Crippen LogP contribution in [0, 0.1) is 22.7 Å². The highest BCUT2D eigenvalue weighted by molar-refractivity contribution is 9.09. The van der Waals surface area contributed by atoms with Crippen molar-refractivity contribution < 1.29 is 0 Å². The average Bonchev–Trinajstić information content (AvgIpc) is 2.24. The maximum absolute atomic E-state index is 3.96. The lowest BCUT2D eigenvalue weighted by Gasteiger charge is -2.59. The Morgan fingerprint density at radius 3 is 2.06 bits per heavy atom. The minimum Gasteiger partial charge on any atom is -0.0885 e. The van der Waals surface area contributed by atoms with Gasteiger partial charge in [0.15, 0.2) is 0 Å². The lowest BCUT2D eigenvalue weighted by molar-refractivity contribution is -0.0657. The molecule has 1 heteroatoms. The van der Waals surface area contributed by atoms with Crippen molar-refractivity contribution in [3.63, 3.8) is 0 Å². The summed E-state index contributed by atoms with van der Waals surface area (Å²) in [6.07, 6.45) is 8.62. The van der Waals surface area contributed by atoms with Gasteiger partial charge in [-0.2, -0.15) is 0 Å². The minimum absolute atomic E-state index is 0.477. The molecule has 2 atom stereocenters. The predicted molar refractivity (Wildman–Crippen MR) is 75.0 cm³/mol. The second kappa shape index (κ2) is 4.30. The van der Waals surface area contributed by atoms with Gasteiger partial charge >= 0.3 is 0 Å². The van der Waals surface area contributed by atoms with E-state index in [1.54, 1.807) is 0 Å². The Morgan fingerprint density at radius 1 is 0.938 bits per heavy atom. The second-order valence-electron chi connectivity index (χ2n) is 7.01. The third-order valence-electron chi connectivity index (χ3n) is 6.03. The van der Waals surface area contributed by atoms with E-state index in [1.165, 1.54) is 38.5 Å². The highest BCUT2D eigenvalue weighted by atomic mass is 79.9. The monoisotopic (exact) mass is 286 g/mol. The topological polar surface area (TPSA) is 0 Å². The lowest BCUT2D eigenvalue weighted by Crippen LogP contribution is -2.52. The number of alkyl halides is 1. The van der Waals surface area contributed by atoms with Gasteiger partial charge in [-0.3, -0.25) is 0 Å². The van der Waals surface area contributed by atoms with E-state index in [4.69, 9.17) is 0 Å². The van der Waals surface area contributed by atoms with Crippen molar-refractivity contribution in [3.8, 4) is 0 Å². The Bertz CT molecular complexity index is 248. The Labute approximate surface area is 110 Å². The maximum Gasteiger partial charge on any atom is 0.0202 e. The molecular formula is C15H27Br. The molecule has 0 heterocycles. The number of halogens is 1. The van der Waals surface area contributed by atoms with Crippen LogP contribution in [0.25, 0.3) is 0 Å². The maximum atomic E-state index is 3.96. The van der Waals surface area contributed by atoms with Crippen LogP contribution in [-0.2, 0) is 0 Å². The highest BCUT2D eigenvalue weighted by Gasteiger charge is 2.54. The molecular weight excluding hydrogens is 260 g/mol. The number of hydrogen-bond acceptors (Lipinski definition) is 0. The fourth-order valence-corrected chi connectivity index (χ4v) is 5.12. The molecule has 2 fully saturated rings. The molecule has 2 unspecified atom stereocenters. The van der Waals surface area contributed by atoms with Crippen LogP contribution < -0.4 is 0 Å². The predicted octanol–water partition coefficient (Wildman–Crippen LogP) is 5.40. The van der Waals surface area contributed by atoms with Gasteiger partial charge in [0.1, 0.15) is 0 Å². The fraction of sp³-hybridized carbons (Fsp3) is 1.00. The van der Waals surface area contributed by atoms with Crippen molar-refractivity contribution in [1.29, 1.82) is 0 Å². The molecule has 0 N–H and O–H groups in total. The van der Waals surface area contributed by atoms with Crippen LogP contribution in [0.5, 0.6) is 0 Å². The molecule has 2 aliphatic rings. The summed E-state index contributed by atoms with van der Waals surface area (Å²) < 4.78 is 0. The molecule has 0 saturated heterocycles. The first kappa shape index (κ1) is 12.9. The number of hydrogen-bond donors (Lipinski definition) is 0. The first-order valence-corrected chi connectivity index (χ1v) is 7.96. The van der Waals surface area contributed by atoms with Gasteiger partial charge in [-0.05, 0) is 48.3 Å². The van der Waals surface area contributed by atoms with Gasteiger partial charge in [0.05, 0.1) is 0 Å². The van der Waals surface area contributed by atoms with Crippen molar-refractivity contribution in [2.24, 2.45) is 22.7 Å². The SMILES string of the molecule is CC1CCC2(CC1)C(C)CCC(Br)C2(C)C. The van der Waals surface area contributed by atoms with Crippen molar-refractivity contribution in [3.05, 3.63) is 0 Å². The highest BCUT2D eigenvalue weighted by Crippen LogP contribution is 2.62. The van der Waals surface area contributed by atoms with E-state index >= 15 is 0 Å². The molecule has 0 radical (unpaired) electrons. The van der Waals surface area contributed by atoms with Gasteiger partial charge in [-0.25, -0.2) is 0 Å². The molecule has 2 rings (SSSR count). The molecule has 94 valence electrons. The largest absolute Gasteiger partial charge is 0.0885 e. The van der Waals surface area contributed by atoms with E-state index in [-0.39, 0.29) is 0 Å². The normalized spacial score (nSPS) is 48.2. The Morgan fingerprint density at radius 2 is 1.50 bits per heavy atom. The molecule has 0 aromatic rings. The van der Waals surface area contributed by atoms with E-state index in [9.17, 15) is 0 Å². The van der Waals surface area contributed by atoms with Crippen LogP contribution >= 0.6 is 15.9 Å². The van der Waals surface area contributed by atoms with E-state index in [0.717, 1.165) is 16.7 Å².